The number of aliphatic hydroxyl groups excluding tert-OH is 1. The molecule has 0 aliphatic carbocycles. The Morgan fingerprint density at radius 3 is 2.69 bits per heavy atom. The predicted molar refractivity (Wildman–Crippen MR) is 63.1 cm³/mol. The Morgan fingerprint density at radius 2 is 2.19 bits per heavy atom. The van der Waals surface area contributed by atoms with E-state index in [-0.39, 0.29) is 12.0 Å². The van der Waals surface area contributed by atoms with Crippen molar-refractivity contribution in [1.82, 2.24) is 9.78 Å². The van der Waals surface area contributed by atoms with E-state index in [1.807, 2.05) is 24.6 Å². The first kappa shape index (κ1) is 13.2. The minimum Gasteiger partial charge on any atom is -0.384 e. The van der Waals surface area contributed by atoms with Crippen molar-refractivity contribution >= 4 is 0 Å². The maximum atomic E-state index is 10.3. The molecule has 16 heavy (non-hydrogen) atoms. The Balaban J connectivity index is 2.85. The fourth-order valence-corrected chi connectivity index (χ4v) is 1.93. The van der Waals surface area contributed by atoms with Gasteiger partial charge in [0.1, 0.15) is 6.10 Å². The zero-order valence-electron chi connectivity index (χ0n) is 10.6. The fraction of sp³-hybridized carbons (Fsp3) is 0.750. The molecule has 1 aromatic heterocycles. The highest BCUT2D eigenvalue weighted by Gasteiger charge is 2.26. The third-order valence-corrected chi connectivity index (χ3v) is 2.73. The first-order valence-electron chi connectivity index (χ1n) is 5.84. The number of rotatable bonds is 6. The zero-order valence-corrected chi connectivity index (χ0v) is 10.6. The highest BCUT2D eigenvalue weighted by atomic mass is 16.5. The number of aliphatic hydroxyl groups is 1. The predicted octanol–water partition coefficient (Wildman–Crippen LogP) is 2.00. The summed E-state index contributed by atoms with van der Waals surface area (Å²) < 4.78 is 7.19. The molecule has 0 spiro atoms. The van der Waals surface area contributed by atoms with Crippen LogP contribution in [0.2, 0.25) is 0 Å². The van der Waals surface area contributed by atoms with Crippen molar-refractivity contribution in [2.75, 3.05) is 7.11 Å². The molecule has 1 N–H and O–H groups in total. The van der Waals surface area contributed by atoms with Gasteiger partial charge < -0.3 is 9.84 Å². The Kier molecular flexibility index (Phi) is 4.96. The Labute approximate surface area is 97.2 Å². The average molecular weight is 226 g/mol. The van der Waals surface area contributed by atoms with Crippen LogP contribution in [0, 0.1) is 5.92 Å². The molecule has 0 aromatic carbocycles. The van der Waals surface area contributed by atoms with Gasteiger partial charge in [0.15, 0.2) is 0 Å². The van der Waals surface area contributed by atoms with Gasteiger partial charge in [0.2, 0.25) is 0 Å². The molecule has 0 bridgehead atoms. The van der Waals surface area contributed by atoms with Gasteiger partial charge in [-0.2, -0.15) is 5.10 Å². The van der Waals surface area contributed by atoms with Crippen LogP contribution >= 0.6 is 0 Å². The van der Waals surface area contributed by atoms with Crippen molar-refractivity contribution in [3.8, 4) is 0 Å². The summed E-state index contributed by atoms with van der Waals surface area (Å²) in [5.74, 6) is 0.268. The highest BCUT2D eigenvalue weighted by Crippen LogP contribution is 2.24. The first-order valence-corrected chi connectivity index (χ1v) is 5.84. The van der Waals surface area contributed by atoms with E-state index in [4.69, 9.17) is 4.74 Å². The van der Waals surface area contributed by atoms with Gasteiger partial charge in [0, 0.05) is 19.9 Å². The summed E-state index contributed by atoms with van der Waals surface area (Å²) in [7, 11) is 1.63. The molecule has 0 radical (unpaired) electrons. The van der Waals surface area contributed by atoms with Gasteiger partial charge in [-0.1, -0.05) is 20.8 Å². The van der Waals surface area contributed by atoms with Crippen LogP contribution in [-0.2, 0) is 11.3 Å². The van der Waals surface area contributed by atoms with Gasteiger partial charge in [0.25, 0.3) is 0 Å². The summed E-state index contributed by atoms with van der Waals surface area (Å²) in [5.41, 5.74) is 0.836. The van der Waals surface area contributed by atoms with Gasteiger partial charge in [-0.15, -0.1) is 0 Å². The van der Waals surface area contributed by atoms with Crippen molar-refractivity contribution in [1.29, 1.82) is 0 Å². The van der Waals surface area contributed by atoms with Crippen LogP contribution in [0.4, 0.5) is 0 Å². The molecule has 2 atom stereocenters. The average Bonchev–Trinajstić information content (AvgIpc) is 2.66. The lowest BCUT2D eigenvalue weighted by Gasteiger charge is -2.25. The standard InChI is InChI=1S/C12H22N2O2/c1-5-8-14-10(6-7-13-14)11(15)12(16-4)9(2)3/h6-7,9,11-12,15H,5,8H2,1-4H3. The van der Waals surface area contributed by atoms with E-state index in [2.05, 4.69) is 12.0 Å². The largest absolute Gasteiger partial charge is 0.384 e. The summed E-state index contributed by atoms with van der Waals surface area (Å²) in [6.07, 6.45) is 1.92. The maximum Gasteiger partial charge on any atom is 0.122 e. The smallest absolute Gasteiger partial charge is 0.122 e. The molecule has 0 aliphatic rings. The first-order chi connectivity index (χ1) is 7.61. The number of methoxy groups -OCH3 is 1. The van der Waals surface area contributed by atoms with E-state index < -0.39 is 6.10 Å². The Morgan fingerprint density at radius 1 is 1.50 bits per heavy atom. The second-order valence-electron chi connectivity index (χ2n) is 4.37. The maximum absolute atomic E-state index is 10.3. The molecule has 2 unspecified atom stereocenters. The number of aromatic nitrogens is 2. The lowest BCUT2D eigenvalue weighted by molar-refractivity contribution is -0.0428. The lowest BCUT2D eigenvalue weighted by Crippen LogP contribution is -2.28. The third kappa shape index (κ3) is 2.83. The Hall–Kier alpha value is -0.870. The highest BCUT2D eigenvalue weighted by molar-refractivity contribution is 5.07. The van der Waals surface area contributed by atoms with E-state index in [0.717, 1.165) is 18.7 Å². The molecular formula is C12H22N2O2. The molecule has 1 heterocycles. The van der Waals surface area contributed by atoms with Gasteiger partial charge in [-0.25, -0.2) is 0 Å². The normalized spacial score (nSPS) is 15.4. The van der Waals surface area contributed by atoms with Crippen LogP contribution in [0.1, 0.15) is 39.0 Å². The van der Waals surface area contributed by atoms with E-state index >= 15 is 0 Å². The van der Waals surface area contributed by atoms with Gasteiger partial charge >= 0.3 is 0 Å². The lowest BCUT2D eigenvalue weighted by atomic mass is 9.99. The van der Waals surface area contributed by atoms with Crippen molar-refractivity contribution in [3.63, 3.8) is 0 Å². The topological polar surface area (TPSA) is 47.3 Å². The second-order valence-corrected chi connectivity index (χ2v) is 4.37. The summed E-state index contributed by atoms with van der Waals surface area (Å²) in [6.45, 7) is 7.00. The second kappa shape index (κ2) is 6.01. The number of hydrogen-bond donors (Lipinski definition) is 1. The number of ether oxygens (including phenoxy) is 1. The van der Waals surface area contributed by atoms with E-state index in [1.165, 1.54) is 0 Å². The van der Waals surface area contributed by atoms with Crippen molar-refractivity contribution in [2.24, 2.45) is 5.92 Å². The zero-order chi connectivity index (χ0) is 12.1. The Bertz CT molecular complexity index is 310. The molecule has 0 aliphatic heterocycles. The van der Waals surface area contributed by atoms with Crippen molar-refractivity contribution < 1.29 is 9.84 Å². The quantitative estimate of drug-likeness (QED) is 0.807. The minimum absolute atomic E-state index is 0.188. The molecule has 0 saturated carbocycles. The van der Waals surface area contributed by atoms with Crippen molar-refractivity contribution in [3.05, 3.63) is 18.0 Å². The summed E-state index contributed by atoms with van der Waals surface area (Å²) in [6, 6.07) is 1.86. The number of nitrogens with zero attached hydrogens (tertiary/aromatic N) is 2. The fourth-order valence-electron chi connectivity index (χ4n) is 1.93. The number of aryl methyl sites for hydroxylation is 1. The van der Waals surface area contributed by atoms with Crippen LogP contribution in [0.3, 0.4) is 0 Å². The molecule has 1 rings (SSSR count). The van der Waals surface area contributed by atoms with Crippen LogP contribution in [0.25, 0.3) is 0 Å². The molecule has 4 heteroatoms. The van der Waals surface area contributed by atoms with Crippen LogP contribution in [0.5, 0.6) is 0 Å². The molecule has 1 aromatic rings. The monoisotopic (exact) mass is 226 g/mol. The van der Waals surface area contributed by atoms with Crippen LogP contribution < -0.4 is 0 Å². The molecule has 4 nitrogen and oxygen atoms in total. The van der Waals surface area contributed by atoms with Gasteiger partial charge in [-0.3, -0.25) is 4.68 Å². The third-order valence-electron chi connectivity index (χ3n) is 2.73. The summed E-state index contributed by atoms with van der Waals surface area (Å²) in [5, 5.41) is 14.5. The minimum atomic E-state index is -0.612. The van der Waals surface area contributed by atoms with Gasteiger partial charge in [0.05, 0.1) is 11.8 Å². The number of hydrogen-bond acceptors (Lipinski definition) is 3. The van der Waals surface area contributed by atoms with Crippen LogP contribution in [-0.4, -0.2) is 28.1 Å². The van der Waals surface area contributed by atoms with E-state index in [0.29, 0.717) is 0 Å². The van der Waals surface area contributed by atoms with Gasteiger partial charge in [-0.05, 0) is 18.4 Å². The molecule has 92 valence electrons. The van der Waals surface area contributed by atoms with E-state index in [1.54, 1.807) is 13.3 Å². The molecule has 0 saturated heterocycles. The van der Waals surface area contributed by atoms with E-state index in [9.17, 15) is 5.11 Å². The SMILES string of the molecule is CCCn1nccc1C(O)C(OC)C(C)C. The molecule has 0 amide bonds. The van der Waals surface area contributed by atoms with Crippen molar-refractivity contribution in [2.45, 2.75) is 45.9 Å². The summed E-state index contributed by atoms with van der Waals surface area (Å²) >= 11 is 0. The summed E-state index contributed by atoms with van der Waals surface area (Å²) in [4.78, 5) is 0. The van der Waals surface area contributed by atoms with Crippen LogP contribution in [0.15, 0.2) is 12.3 Å². The molecular weight excluding hydrogens is 204 g/mol. The molecule has 0 fully saturated rings.